The number of carbonyl (C=O) groups is 2. The predicted octanol–water partition coefficient (Wildman–Crippen LogP) is 3.26. The Kier molecular flexibility index (Phi) is 6.59. The van der Waals surface area contributed by atoms with Crippen LogP contribution in [0.3, 0.4) is 0 Å². The molecule has 1 heterocycles. The summed E-state index contributed by atoms with van der Waals surface area (Å²) in [5.74, 6) is -0.805. The second-order valence-corrected chi connectivity index (χ2v) is 7.76. The Morgan fingerprint density at radius 1 is 1.31 bits per heavy atom. The molecule has 26 heavy (non-hydrogen) atoms. The molecule has 1 aliphatic rings. The molecule has 142 valence electrons. The van der Waals surface area contributed by atoms with Crippen LogP contribution >= 0.6 is 0 Å². The zero-order chi connectivity index (χ0) is 19.4. The molecule has 1 aromatic rings. The van der Waals surface area contributed by atoms with Gasteiger partial charge in [-0.2, -0.15) is 0 Å². The Morgan fingerprint density at radius 2 is 2.00 bits per heavy atom. The molecule has 5 heteroatoms. The third kappa shape index (κ3) is 4.52. The van der Waals surface area contributed by atoms with E-state index in [0.29, 0.717) is 13.0 Å². The van der Waals surface area contributed by atoms with Crippen molar-refractivity contribution in [1.82, 2.24) is 9.80 Å². The number of hydrogen-bond donors (Lipinski definition) is 1. The van der Waals surface area contributed by atoms with Gasteiger partial charge in [-0.15, -0.1) is 0 Å². The number of benzene rings is 1. The van der Waals surface area contributed by atoms with Crippen LogP contribution in [0.15, 0.2) is 35.6 Å². The number of hydrogen-bond acceptors (Lipinski definition) is 4. The lowest BCUT2D eigenvalue weighted by Crippen LogP contribution is -2.33. The third-order valence-electron chi connectivity index (χ3n) is 4.56. The van der Waals surface area contributed by atoms with Crippen LogP contribution < -0.4 is 0 Å². The second-order valence-electron chi connectivity index (χ2n) is 7.76. The maximum absolute atomic E-state index is 12.8. The van der Waals surface area contributed by atoms with Crippen LogP contribution in [-0.4, -0.2) is 53.8 Å². The van der Waals surface area contributed by atoms with Crippen LogP contribution in [0.25, 0.3) is 0 Å². The molecule has 0 fully saturated rings. The number of ketones is 1. The molecule has 0 aromatic heterocycles. The molecular formula is C21H30N2O3. The lowest BCUT2D eigenvalue weighted by molar-refractivity contribution is -0.129. The van der Waals surface area contributed by atoms with Gasteiger partial charge in [0.25, 0.3) is 5.91 Å². The normalized spacial score (nSPS) is 17.7. The van der Waals surface area contributed by atoms with Crippen molar-refractivity contribution in [1.29, 1.82) is 0 Å². The maximum atomic E-state index is 12.8. The largest absolute Gasteiger partial charge is 0.503 e. The van der Waals surface area contributed by atoms with Gasteiger partial charge in [0.1, 0.15) is 0 Å². The highest BCUT2D eigenvalue weighted by atomic mass is 16.3. The maximum Gasteiger partial charge on any atom is 0.290 e. The number of carbonyl (C=O) groups excluding carboxylic acids is 2. The highest BCUT2D eigenvalue weighted by Gasteiger charge is 2.43. The fourth-order valence-electron chi connectivity index (χ4n) is 3.39. The number of Topliss-reactive ketones (excluding diaryl/α,β-unsaturated/α-hetero) is 1. The molecule has 0 aliphatic carbocycles. The number of nitrogens with zero attached hydrogens (tertiary/aromatic N) is 2. The van der Waals surface area contributed by atoms with E-state index in [9.17, 15) is 14.7 Å². The van der Waals surface area contributed by atoms with E-state index in [2.05, 4.69) is 4.90 Å². The number of rotatable bonds is 8. The van der Waals surface area contributed by atoms with E-state index in [-0.39, 0.29) is 23.0 Å². The molecule has 1 aromatic carbocycles. The highest BCUT2D eigenvalue weighted by molar-refractivity contribution is 6.09. The van der Waals surface area contributed by atoms with Gasteiger partial charge in [0, 0.05) is 13.0 Å². The van der Waals surface area contributed by atoms with Crippen molar-refractivity contribution in [3.05, 3.63) is 46.7 Å². The summed E-state index contributed by atoms with van der Waals surface area (Å²) in [4.78, 5) is 29.2. The van der Waals surface area contributed by atoms with Crippen molar-refractivity contribution in [3.63, 3.8) is 0 Å². The Morgan fingerprint density at radius 3 is 2.58 bits per heavy atom. The van der Waals surface area contributed by atoms with Crippen LogP contribution in [0.1, 0.15) is 43.9 Å². The van der Waals surface area contributed by atoms with Crippen molar-refractivity contribution in [2.75, 3.05) is 27.2 Å². The first-order valence-corrected chi connectivity index (χ1v) is 9.21. The van der Waals surface area contributed by atoms with Gasteiger partial charge < -0.3 is 14.9 Å². The van der Waals surface area contributed by atoms with Gasteiger partial charge in [0.05, 0.1) is 11.6 Å². The summed E-state index contributed by atoms with van der Waals surface area (Å²) < 4.78 is 0. The van der Waals surface area contributed by atoms with Gasteiger partial charge in [-0.05, 0) is 45.5 Å². The molecule has 0 saturated heterocycles. The number of amides is 1. The molecule has 0 bridgehead atoms. The zero-order valence-corrected chi connectivity index (χ0v) is 16.5. The first-order valence-electron chi connectivity index (χ1n) is 9.21. The monoisotopic (exact) mass is 358 g/mol. The fourth-order valence-corrected chi connectivity index (χ4v) is 3.39. The average Bonchev–Trinajstić information content (AvgIpc) is 2.79. The average molecular weight is 358 g/mol. The van der Waals surface area contributed by atoms with E-state index >= 15 is 0 Å². The quantitative estimate of drug-likeness (QED) is 0.775. The topological polar surface area (TPSA) is 60.9 Å². The van der Waals surface area contributed by atoms with Gasteiger partial charge in [0.15, 0.2) is 11.5 Å². The molecule has 1 aliphatic heterocycles. The van der Waals surface area contributed by atoms with Crippen LogP contribution in [0.2, 0.25) is 0 Å². The SMILES string of the molecule is Cc1cccc(C2C(C(=O)CC(C)C)=C(O)C(=O)N2CCCN(C)C)c1. The Labute approximate surface area is 156 Å². The van der Waals surface area contributed by atoms with E-state index < -0.39 is 11.9 Å². The standard InChI is InChI=1S/C21H30N2O3/c1-14(2)12-17(24)18-19(16-9-6-8-15(3)13-16)23(21(26)20(18)25)11-7-10-22(4)5/h6,8-9,13-14,19,25H,7,10-12H2,1-5H3. The smallest absolute Gasteiger partial charge is 0.290 e. The van der Waals surface area contributed by atoms with E-state index in [4.69, 9.17) is 0 Å². The van der Waals surface area contributed by atoms with E-state index in [1.165, 1.54) is 0 Å². The van der Waals surface area contributed by atoms with E-state index in [1.807, 2.05) is 59.1 Å². The third-order valence-corrected chi connectivity index (χ3v) is 4.56. The number of aliphatic hydroxyl groups excluding tert-OH is 1. The second kappa shape index (κ2) is 8.49. The molecule has 2 rings (SSSR count). The van der Waals surface area contributed by atoms with E-state index in [0.717, 1.165) is 24.1 Å². The molecule has 1 N–H and O–H groups in total. The molecule has 1 amide bonds. The van der Waals surface area contributed by atoms with Crippen molar-refractivity contribution < 1.29 is 14.7 Å². The summed E-state index contributed by atoms with van der Waals surface area (Å²) in [6.45, 7) is 7.24. The molecule has 1 atom stereocenters. The fraction of sp³-hybridized carbons (Fsp3) is 0.524. The van der Waals surface area contributed by atoms with Gasteiger partial charge in [0.2, 0.25) is 0 Å². The molecular weight excluding hydrogens is 328 g/mol. The summed E-state index contributed by atoms with van der Waals surface area (Å²) in [7, 11) is 3.97. The summed E-state index contributed by atoms with van der Waals surface area (Å²) >= 11 is 0. The first kappa shape index (κ1) is 20.2. The highest BCUT2D eigenvalue weighted by Crippen LogP contribution is 2.38. The van der Waals surface area contributed by atoms with Crippen molar-refractivity contribution in [2.45, 2.75) is 39.7 Å². The minimum atomic E-state index is -0.504. The minimum absolute atomic E-state index is 0.146. The van der Waals surface area contributed by atoms with Crippen LogP contribution in [-0.2, 0) is 9.59 Å². The molecule has 5 nitrogen and oxygen atoms in total. The van der Waals surface area contributed by atoms with Gasteiger partial charge in [-0.25, -0.2) is 0 Å². The molecule has 0 spiro atoms. The Balaban J connectivity index is 2.40. The predicted molar refractivity (Wildman–Crippen MR) is 103 cm³/mol. The Bertz CT molecular complexity index is 707. The zero-order valence-electron chi connectivity index (χ0n) is 16.5. The van der Waals surface area contributed by atoms with Gasteiger partial charge in [-0.1, -0.05) is 43.7 Å². The van der Waals surface area contributed by atoms with Crippen LogP contribution in [0.4, 0.5) is 0 Å². The summed E-state index contributed by atoms with van der Waals surface area (Å²) in [6, 6.07) is 7.31. The lowest BCUT2D eigenvalue weighted by Gasteiger charge is -2.27. The van der Waals surface area contributed by atoms with Gasteiger partial charge in [-0.3, -0.25) is 9.59 Å². The van der Waals surface area contributed by atoms with Crippen LogP contribution in [0, 0.1) is 12.8 Å². The van der Waals surface area contributed by atoms with Crippen molar-refractivity contribution in [3.8, 4) is 0 Å². The number of aliphatic hydroxyl groups is 1. The summed E-state index contributed by atoms with van der Waals surface area (Å²) in [6.07, 6.45) is 1.10. The first-order chi connectivity index (χ1) is 12.2. The van der Waals surface area contributed by atoms with Crippen molar-refractivity contribution in [2.24, 2.45) is 5.92 Å². The Hall–Kier alpha value is -2.14. The number of aryl methyl sites for hydroxylation is 1. The van der Waals surface area contributed by atoms with E-state index in [1.54, 1.807) is 4.90 Å². The lowest BCUT2D eigenvalue weighted by atomic mass is 9.91. The summed E-state index contributed by atoms with van der Waals surface area (Å²) in [5.41, 5.74) is 2.18. The minimum Gasteiger partial charge on any atom is -0.503 e. The van der Waals surface area contributed by atoms with Crippen molar-refractivity contribution >= 4 is 11.7 Å². The van der Waals surface area contributed by atoms with Gasteiger partial charge >= 0.3 is 0 Å². The molecule has 0 radical (unpaired) electrons. The molecule has 1 unspecified atom stereocenters. The molecule has 0 saturated carbocycles. The van der Waals surface area contributed by atoms with Crippen LogP contribution in [0.5, 0.6) is 0 Å². The summed E-state index contributed by atoms with van der Waals surface area (Å²) in [5, 5.41) is 10.5.